The number of nitrogens with one attached hydrogen (secondary N) is 1. The summed E-state index contributed by atoms with van der Waals surface area (Å²) in [5.74, 6) is 0.955. The average Bonchev–Trinajstić information content (AvgIpc) is 3.16. The monoisotopic (exact) mass is 378 g/mol. The van der Waals surface area contributed by atoms with Gasteiger partial charge in [-0.3, -0.25) is 9.89 Å². The molecule has 2 aromatic carbocycles. The van der Waals surface area contributed by atoms with Crippen molar-refractivity contribution in [1.82, 2.24) is 10.2 Å². The van der Waals surface area contributed by atoms with Crippen LogP contribution in [0.25, 0.3) is 0 Å². The van der Waals surface area contributed by atoms with Gasteiger partial charge in [-0.2, -0.15) is 0 Å². The van der Waals surface area contributed by atoms with Gasteiger partial charge in [-0.1, -0.05) is 48.0 Å². The molecule has 4 rings (SSSR count). The molecule has 2 aromatic rings. The molecule has 2 aliphatic rings. The lowest BCUT2D eigenvalue weighted by atomic mass is 10.0. The Morgan fingerprint density at radius 2 is 1.93 bits per heavy atom. The van der Waals surface area contributed by atoms with Gasteiger partial charge in [0.2, 0.25) is 0 Å². The number of rotatable bonds is 4. The standard InChI is InChI=1S/C23H30N4O/c1-18-6-5-8-20(16-18)22(26-12-14-28-15-13-26)17-25-23(24-2)27-11-10-19-7-3-4-9-21(19)27/h3-9,16,22H,10-15,17H2,1-2H3,(H,24,25). The third kappa shape index (κ3) is 4.05. The fourth-order valence-electron chi connectivity index (χ4n) is 4.27. The second-order valence-electron chi connectivity index (χ2n) is 7.54. The van der Waals surface area contributed by atoms with Crippen molar-refractivity contribution in [2.45, 2.75) is 19.4 Å². The van der Waals surface area contributed by atoms with E-state index in [1.165, 1.54) is 22.4 Å². The largest absolute Gasteiger partial charge is 0.379 e. The van der Waals surface area contributed by atoms with Gasteiger partial charge in [0, 0.05) is 38.9 Å². The third-order valence-electron chi connectivity index (χ3n) is 5.72. The molecule has 1 fully saturated rings. The number of benzene rings is 2. The van der Waals surface area contributed by atoms with E-state index < -0.39 is 0 Å². The van der Waals surface area contributed by atoms with E-state index in [1.807, 2.05) is 7.05 Å². The van der Waals surface area contributed by atoms with E-state index in [0.717, 1.165) is 51.8 Å². The number of para-hydroxylation sites is 1. The Balaban J connectivity index is 1.52. The normalized spacial score (nSPS) is 18.8. The first-order chi connectivity index (χ1) is 13.8. The van der Waals surface area contributed by atoms with Crippen molar-refractivity contribution in [3.63, 3.8) is 0 Å². The Morgan fingerprint density at radius 1 is 1.11 bits per heavy atom. The highest BCUT2D eigenvalue weighted by Gasteiger charge is 2.26. The van der Waals surface area contributed by atoms with Gasteiger partial charge in [0.05, 0.1) is 19.3 Å². The molecule has 2 heterocycles. The van der Waals surface area contributed by atoms with Crippen molar-refractivity contribution in [3.8, 4) is 0 Å². The zero-order valence-corrected chi connectivity index (χ0v) is 16.9. The van der Waals surface area contributed by atoms with E-state index in [9.17, 15) is 0 Å². The SMILES string of the molecule is CN=C(NCC(c1cccc(C)c1)N1CCOCC1)N1CCc2ccccc21. The molecule has 0 radical (unpaired) electrons. The summed E-state index contributed by atoms with van der Waals surface area (Å²) in [6.07, 6.45) is 1.07. The van der Waals surface area contributed by atoms with Crippen LogP contribution in [0, 0.1) is 6.92 Å². The Bertz CT molecular complexity index is 829. The maximum atomic E-state index is 5.58. The number of hydrogen-bond acceptors (Lipinski definition) is 3. The highest BCUT2D eigenvalue weighted by Crippen LogP contribution is 2.28. The van der Waals surface area contributed by atoms with Crippen molar-refractivity contribution >= 4 is 11.6 Å². The zero-order chi connectivity index (χ0) is 19.3. The molecule has 0 aromatic heterocycles. The minimum atomic E-state index is 0.304. The van der Waals surface area contributed by atoms with Crippen LogP contribution in [0.15, 0.2) is 53.5 Å². The first-order valence-corrected chi connectivity index (χ1v) is 10.2. The molecule has 0 amide bonds. The molecule has 1 unspecified atom stereocenters. The minimum absolute atomic E-state index is 0.304. The molecule has 28 heavy (non-hydrogen) atoms. The molecule has 5 heteroatoms. The summed E-state index contributed by atoms with van der Waals surface area (Å²) in [4.78, 5) is 9.42. The molecule has 1 N–H and O–H groups in total. The first-order valence-electron chi connectivity index (χ1n) is 10.2. The van der Waals surface area contributed by atoms with Crippen LogP contribution in [-0.2, 0) is 11.2 Å². The number of hydrogen-bond donors (Lipinski definition) is 1. The molecule has 0 bridgehead atoms. The number of ether oxygens (including phenoxy) is 1. The van der Waals surface area contributed by atoms with Gasteiger partial charge in [-0.15, -0.1) is 0 Å². The van der Waals surface area contributed by atoms with E-state index >= 15 is 0 Å². The van der Waals surface area contributed by atoms with Crippen LogP contribution in [0.5, 0.6) is 0 Å². The minimum Gasteiger partial charge on any atom is -0.379 e. The molecule has 148 valence electrons. The van der Waals surface area contributed by atoms with E-state index in [0.29, 0.717) is 6.04 Å². The van der Waals surface area contributed by atoms with Crippen molar-refractivity contribution in [1.29, 1.82) is 0 Å². The topological polar surface area (TPSA) is 40.1 Å². The van der Waals surface area contributed by atoms with Crippen LogP contribution in [0.4, 0.5) is 5.69 Å². The molecule has 0 spiro atoms. The summed E-state index contributed by atoms with van der Waals surface area (Å²) < 4.78 is 5.58. The lowest BCUT2D eigenvalue weighted by Crippen LogP contribution is -2.47. The maximum absolute atomic E-state index is 5.58. The molecular weight excluding hydrogens is 348 g/mol. The summed E-state index contributed by atoms with van der Waals surface area (Å²) in [6, 6.07) is 17.8. The first kappa shape index (κ1) is 19.0. The van der Waals surface area contributed by atoms with Gasteiger partial charge < -0.3 is 15.0 Å². The predicted octanol–water partition coefficient (Wildman–Crippen LogP) is 3.01. The highest BCUT2D eigenvalue weighted by atomic mass is 16.5. The van der Waals surface area contributed by atoms with Crippen LogP contribution in [0.2, 0.25) is 0 Å². The smallest absolute Gasteiger partial charge is 0.198 e. The molecule has 1 saturated heterocycles. The van der Waals surface area contributed by atoms with E-state index in [2.05, 4.69) is 75.6 Å². The maximum Gasteiger partial charge on any atom is 0.198 e. The van der Waals surface area contributed by atoms with Crippen molar-refractivity contribution in [2.24, 2.45) is 4.99 Å². The number of aryl methyl sites for hydroxylation is 1. The highest BCUT2D eigenvalue weighted by molar-refractivity contribution is 5.97. The number of fused-ring (bicyclic) bond motifs is 1. The third-order valence-corrected chi connectivity index (χ3v) is 5.72. The lowest BCUT2D eigenvalue weighted by molar-refractivity contribution is 0.0170. The van der Waals surface area contributed by atoms with Gasteiger partial charge in [0.25, 0.3) is 0 Å². The van der Waals surface area contributed by atoms with Crippen LogP contribution in [-0.4, -0.2) is 57.3 Å². The number of guanidine groups is 1. The summed E-state index contributed by atoms with van der Waals surface area (Å²) in [5.41, 5.74) is 5.32. The molecule has 0 saturated carbocycles. The quantitative estimate of drug-likeness (QED) is 0.656. The van der Waals surface area contributed by atoms with Gasteiger partial charge >= 0.3 is 0 Å². The van der Waals surface area contributed by atoms with Crippen LogP contribution in [0.1, 0.15) is 22.7 Å². The van der Waals surface area contributed by atoms with Crippen molar-refractivity contribution in [3.05, 3.63) is 65.2 Å². The van der Waals surface area contributed by atoms with E-state index in [4.69, 9.17) is 4.74 Å². The number of aliphatic imine (C=N–C) groups is 1. The van der Waals surface area contributed by atoms with Gasteiger partial charge in [0.1, 0.15) is 0 Å². The summed E-state index contributed by atoms with van der Waals surface area (Å²) >= 11 is 0. The second-order valence-corrected chi connectivity index (χ2v) is 7.54. The Hall–Kier alpha value is -2.37. The van der Waals surface area contributed by atoms with Crippen molar-refractivity contribution in [2.75, 3.05) is 51.3 Å². The van der Waals surface area contributed by atoms with Crippen molar-refractivity contribution < 1.29 is 4.74 Å². The second kappa shape index (κ2) is 8.76. The predicted molar refractivity (Wildman–Crippen MR) is 115 cm³/mol. The Labute approximate surface area is 168 Å². The van der Waals surface area contributed by atoms with Gasteiger partial charge in [-0.25, -0.2) is 0 Å². The lowest BCUT2D eigenvalue weighted by Gasteiger charge is -2.36. The molecular formula is C23H30N4O. The molecule has 0 aliphatic carbocycles. The number of anilines is 1. The molecule has 5 nitrogen and oxygen atoms in total. The van der Waals surface area contributed by atoms with Crippen LogP contribution in [0.3, 0.4) is 0 Å². The molecule has 1 atom stereocenters. The molecule has 2 aliphatic heterocycles. The van der Waals surface area contributed by atoms with Gasteiger partial charge in [-0.05, 0) is 30.5 Å². The Morgan fingerprint density at radius 3 is 2.71 bits per heavy atom. The van der Waals surface area contributed by atoms with Gasteiger partial charge in [0.15, 0.2) is 5.96 Å². The Kier molecular flexibility index (Phi) is 5.93. The average molecular weight is 379 g/mol. The number of nitrogens with zero attached hydrogens (tertiary/aromatic N) is 3. The summed E-state index contributed by atoms with van der Waals surface area (Å²) in [5, 5.41) is 3.66. The fourth-order valence-corrected chi connectivity index (χ4v) is 4.27. The zero-order valence-electron chi connectivity index (χ0n) is 16.9. The van der Waals surface area contributed by atoms with Crippen LogP contribution >= 0.6 is 0 Å². The van der Waals surface area contributed by atoms with Crippen LogP contribution < -0.4 is 10.2 Å². The van der Waals surface area contributed by atoms with E-state index in [-0.39, 0.29) is 0 Å². The summed E-state index contributed by atoms with van der Waals surface area (Å²) in [7, 11) is 1.87. The fraction of sp³-hybridized carbons (Fsp3) is 0.435. The summed E-state index contributed by atoms with van der Waals surface area (Å²) in [6.45, 7) is 7.50. The number of morpholine rings is 1. The van der Waals surface area contributed by atoms with E-state index in [1.54, 1.807) is 0 Å².